The number of carbonyl (C=O) groups is 2. The molecule has 1 atom stereocenters. The van der Waals surface area contributed by atoms with Crippen molar-refractivity contribution in [3.8, 4) is 17.4 Å². The molecule has 1 heterocycles. The zero-order valence-electron chi connectivity index (χ0n) is 15.5. The van der Waals surface area contributed by atoms with E-state index in [0.29, 0.717) is 17.1 Å². The second-order valence-corrected chi connectivity index (χ2v) is 5.91. The number of pyridine rings is 1. The number of hydrogen-bond acceptors (Lipinski definition) is 6. The normalized spacial score (nSPS) is 11.4. The van der Waals surface area contributed by atoms with Crippen LogP contribution in [0.3, 0.4) is 0 Å². The average Bonchev–Trinajstić information content (AvgIpc) is 2.74. The first kappa shape index (κ1) is 19.1. The van der Waals surface area contributed by atoms with Crippen LogP contribution in [0.4, 0.5) is 0 Å². The van der Waals surface area contributed by atoms with Crippen molar-refractivity contribution >= 4 is 11.8 Å². The van der Waals surface area contributed by atoms with Crippen molar-refractivity contribution in [3.63, 3.8) is 0 Å². The fourth-order valence-electron chi connectivity index (χ4n) is 2.50. The Kier molecular flexibility index (Phi) is 6.01. The fourth-order valence-corrected chi connectivity index (χ4v) is 2.50. The fraction of sp³-hybridized carbons (Fsp3) is 0.136. The average molecular weight is 377 g/mol. The van der Waals surface area contributed by atoms with E-state index < -0.39 is 12.1 Å². The molecule has 0 unspecified atom stereocenters. The summed E-state index contributed by atoms with van der Waals surface area (Å²) < 4.78 is 16.1. The van der Waals surface area contributed by atoms with Crippen molar-refractivity contribution in [1.82, 2.24) is 4.98 Å². The van der Waals surface area contributed by atoms with Gasteiger partial charge in [0.25, 0.3) is 0 Å². The summed E-state index contributed by atoms with van der Waals surface area (Å²) >= 11 is 0. The lowest BCUT2D eigenvalue weighted by Gasteiger charge is -2.14. The van der Waals surface area contributed by atoms with Gasteiger partial charge in [-0.1, -0.05) is 18.2 Å². The van der Waals surface area contributed by atoms with Crippen LogP contribution < -0.4 is 9.47 Å². The van der Waals surface area contributed by atoms with E-state index in [0.717, 1.165) is 0 Å². The number of aromatic nitrogens is 1. The molecule has 0 saturated carbocycles. The maximum atomic E-state index is 12.6. The Morgan fingerprint density at radius 2 is 1.61 bits per heavy atom. The first-order valence-corrected chi connectivity index (χ1v) is 8.65. The first-order valence-electron chi connectivity index (χ1n) is 8.65. The van der Waals surface area contributed by atoms with Crippen molar-refractivity contribution < 1.29 is 23.8 Å². The topological polar surface area (TPSA) is 74.7 Å². The Morgan fingerprint density at radius 3 is 2.29 bits per heavy atom. The van der Waals surface area contributed by atoms with Crippen molar-refractivity contribution in [3.05, 3.63) is 84.1 Å². The standard InChI is InChI=1S/C22H19NO5/c1-15(20(24)16-10-12-17(26-2)13-11-16)27-22(25)19-9-6-14-23-21(19)28-18-7-4-3-5-8-18/h3-15H,1-2H3/t15-/m0/s1. The molecule has 6 nitrogen and oxygen atoms in total. The number of Topliss-reactive ketones (excluding diaryl/α,β-unsaturated/α-hetero) is 1. The summed E-state index contributed by atoms with van der Waals surface area (Å²) in [5.41, 5.74) is 0.564. The van der Waals surface area contributed by atoms with E-state index in [1.807, 2.05) is 18.2 Å². The number of nitrogens with zero attached hydrogens (tertiary/aromatic N) is 1. The van der Waals surface area contributed by atoms with Gasteiger partial charge in [-0.2, -0.15) is 0 Å². The van der Waals surface area contributed by atoms with Crippen molar-refractivity contribution in [2.24, 2.45) is 0 Å². The van der Waals surface area contributed by atoms with E-state index in [1.165, 1.54) is 19.2 Å². The third kappa shape index (κ3) is 4.54. The maximum absolute atomic E-state index is 12.6. The minimum absolute atomic E-state index is 0.114. The third-order valence-corrected chi connectivity index (χ3v) is 3.98. The van der Waals surface area contributed by atoms with Gasteiger partial charge in [0, 0.05) is 11.8 Å². The summed E-state index contributed by atoms with van der Waals surface area (Å²) in [5, 5.41) is 0. The van der Waals surface area contributed by atoms with E-state index in [1.54, 1.807) is 49.6 Å². The van der Waals surface area contributed by atoms with E-state index in [4.69, 9.17) is 14.2 Å². The summed E-state index contributed by atoms with van der Waals surface area (Å²) in [6.07, 6.45) is 0.548. The van der Waals surface area contributed by atoms with Gasteiger partial charge in [0.1, 0.15) is 17.1 Å². The lowest BCUT2D eigenvalue weighted by atomic mass is 10.1. The number of ether oxygens (including phenoxy) is 3. The quantitative estimate of drug-likeness (QED) is 0.451. The monoisotopic (exact) mass is 377 g/mol. The number of esters is 1. The summed E-state index contributed by atoms with van der Waals surface area (Å²) in [7, 11) is 1.55. The third-order valence-electron chi connectivity index (χ3n) is 3.98. The molecule has 0 fully saturated rings. The highest BCUT2D eigenvalue weighted by molar-refractivity contribution is 6.01. The van der Waals surface area contributed by atoms with Crippen LogP contribution in [-0.4, -0.2) is 30.0 Å². The van der Waals surface area contributed by atoms with Gasteiger partial charge in [0.2, 0.25) is 11.7 Å². The molecule has 0 aliphatic heterocycles. The van der Waals surface area contributed by atoms with Crippen molar-refractivity contribution in [2.75, 3.05) is 7.11 Å². The molecule has 6 heteroatoms. The molecule has 1 aromatic heterocycles. The van der Waals surface area contributed by atoms with Crippen LogP contribution in [0.15, 0.2) is 72.9 Å². The van der Waals surface area contributed by atoms with Crippen LogP contribution in [0.25, 0.3) is 0 Å². The van der Waals surface area contributed by atoms with Crippen LogP contribution in [0.1, 0.15) is 27.6 Å². The number of hydrogen-bond donors (Lipinski definition) is 0. The number of methoxy groups -OCH3 is 1. The summed E-state index contributed by atoms with van der Waals surface area (Å²) in [6.45, 7) is 1.53. The highest BCUT2D eigenvalue weighted by atomic mass is 16.5. The van der Waals surface area contributed by atoms with E-state index in [9.17, 15) is 9.59 Å². The van der Waals surface area contributed by atoms with Crippen LogP contribution in [0.2, 0.25) is 0 Å². The number of carbonyl (C=O) groups excluding carboxylic acids is 2. The van der Waals surface area contributed by atoms with Crippen LogP contribution in [-0.2, 0) is 4.74 Å². The summed E-state index contributed by atoms with van der Waals surface area (Å²) in [5.74, 6) is 0.290. The Bertz CT molecular complexity index is 954. The van der Waals surface area contributed by atoms with Gasteiger partial charge in [-0.15, -0.1) is 0 Å². The van der Waals surface area contributed by atoms with E-state index >= 15 is 0 Å². The van der Waals surface area contributed by atoms with Gasteiger partial charge in [-0.25, -0.2) is 9.78 Å². The lowest BCUT2D eigenvalue weighted by molar-refractivity contribution is 0.0315. The molecule has 2 aromatic carbocycles. The Labute approximate surface area is 162 Å². The molecule has 0 aliphatic carbocycles. The molecular weight excluding hydrogens is 358 g/mol. The van der Waals surface area contributed by atoms with Gasteiger partial charge in [-0.3, -0.25) is 4.79 Å². The second kappa shape index (κ2) is 8.81. The first-order chi connectivity index (χ1) is 13.6. The van der Waals surface area contributed by atoms with Gasteiger partial charge in [0.05, 0.1) is 7.11 Å². The molecule has 0 amide bonds. The minimum atomic E-state index is -0.967. The molecule has 0 saturated heterocycles. The molecule has 0 aliphatic rings. The maximum Gasteiger partial charge on any atom is 0.344 e. The van der Waals surface area contributed by atoms with Crippen LogP contribution in [0, 0.1) is 0 Å². The zero-order chi connectivity index (χ0) is 19.9. The highest BCUT2D eigenvalue weighted by Gasteiger charge is 2.23. The molecule has 3 rings (SSSR count). The largest absolute Gasteiger partial charge is 0.497 e. The smallest absolute Gasteiger partial charge is 0.344 e. The number of benzene rings is 2. The molecule has 3 aromatic rings. The van der Waals surface area contributed by atoms with Gasteiger partial charge >= 0.3 is 5.97 Å². The highest BCUT2D eigenvalue weighted by Crippen LogP contribution is 2.24. The lowest BCUT2D eigenvalue weighted by Crippen LogP contribution is -2.24. The number of rotatable bonds is 7. The summed E-state index contributed by atoms with van der Waals surface area (Å²) in [4.78, 5) is 29.2. The summed E-state index contributed by atoms with van der Waals surface area (Å²) in [6, 6.07) is 18.7. The number of ketones is 1. The molecular formula is C22H19NO5. The van der Waals surface area contributed by atoms with E-state index in [-0.39, 0.29) is 17.2 Å². The molecule has 0 N–H and O–H groups in total. The Hall–Kier alpha value is -3.67. The van der Waals surface area contributed by atoms with Crippen LogP contribution in [0.5, 0.6) is 17.4 Å². The zero-order valence-corrected chi connectivity index (χ0v) is 15.5. The molecule has 0 bridgehead atoms. The van der Waals surface area contributed by atoms with E-state index in [2.05, 4.69) is 4.98 Å². The van der Waals surface area contributed by atoms with Crippen molar-refractivity contribution in [1.29, 1.82) is 0 Å². The van der Waals surface area contributed by atoms with Gasteiger partial charge in [-0.05, 0) is 55.5 Å². The Morgan fingerprint density at radius 1 is 0.893 bits per heavy atom. The second-order valence-electron chi connectivity index (χ2n) is 5.91. The molecule has 0 spiro atoms. The molecule has 142 valence electrons. The minimum Gasteiger partial charge on any atom is -0.497 e. The SMILES string of the molecule is COc1ccc(C(=O)[C@H](C)OC(=O)c2cccnc2Oc2ccccc2)cc1. The molecule has 0 radical (unpaired) electrons. The Balaban J connectivity index is 1.72. The predicted octanol–water partition coefficient (Wildman–Crippen LogP) is 4.31. The number of para-hydroxylation sites is 1. The van der Waals surface area contributed by atoms with Crippen LogP contribution >= 0.6 is 0 Å². The van der Waals surface area contributed by atoms with Gasteiger partial charge in [0.15, 0.2) is 6.10 Å². The molecule has 28 heavy (non-hydrogen) atoms. The van der Waals surface area contributed by atoms with Crippen molar-refractivity contribution in [2.45, 2.75) is 13.0 Å². The predicted molar refractivity (Wildman–Crippen MR) is 103 cm³/mol. The van der Waals surface area contributed by atoms with Gasteiger partial charge < -0.3 is 14.2 Å².